The summed E-state index contributed by atoms with van der Waals surface area (Å²) < 4.78 is 5.19. The molecular weight excluding hydrogens is 226 g/mol. The summed E-state index contributed by atoms with van der Waals surface area (Å²) in [7, 11) is 0. The molecule has 0 aliphatic rings. The zero-order valence-electron chi connectivity index (χ0n) is 10.9. The van der Waals surface area contributed by atoms with Crippen molar-refractivity contribution in [2.45, 2.75) is 39.2 Å². The van der Waals surface area contributed by atoms with Gasteiger partial charge in [-0.3, -0.25) is 0 Å². The van der Waals surface area contributed by atoms with Gasteiger partial charge in [0, 0.05) is 18.9 Å². The Morgan fingerprint density at radius 1 is 1.28 bits per heavy atom. The van der Waals surface area contributed by atoms with Crippen LogP contribution in [0.25, 0.3) is 0 Å². The van der Waals surface area contributed by atoms with E-state index in [0.29, 0.717) is 12.3 Å². The van der Waals surface area contributed by atoms with Crippen molar-refractivity contribution >= 4 is 0 Å². The van der Waals surface area contributed by atoms with Crippen LogP contribution in [0.2, 0.25) is 0 Å². The van der Waals surface area contributed by atoms with Gasteiger partial charge in [0.05, 0.1) is 0 Å². The lowest BCUT2D eigenvalue weighted by atomic mass is 10.1. The molecule has 4 nitrogen and oxygen atoms in total. The number of nitrogens with zero attached hydrogens (tertiary/aromatic N) is 2. The summed E-state index contributed by atoms with van der Waals surface area (Å²) in [5.74, 6) is 1.41. The van der Waals surface area contributed by atoms with Gasteiger partial charge in [0.1, 0.15) is 0 Å². The molecule has 18 heavy (non-hydrogen) atoms. The minimum Gasteiger partial charge on any atom is -0.339 e. The molecule has 1 heterocycles. The first-order valence-corrected chi connectivity index (χ1v) is 6.26. The Morgan fingerprint density at radius 3 is 2.67 bits per heavy atom. The number of aryl methyl sites for hydroxylation is 2. The molecule has 1 aromatic carbocycles. The Hall–Kier alpha value is -1.68. The first-order chi connectivity index (χ1) is 8.63. The van der Waals surface area contributed by atoms with Gasteiger partial charge in [-0.25, -0.2) is 0 Å². The van der Waals surface area contributed by atoms with Crippen LogP contribution in [0.1, 0.15) is 36.2 Å². The van der Waals surface area contributed by atoms with Crippen molar-refractivity contribution < 1.29 is 4.52 Å². The number of rotatable bonds is 5. The lowest BCUT2D eigenvalue weighted by Crippen LogP contribution is -2.15. The van der Waals surface area contributed by atoms with Crippen molar-refractivity contribution in [3.05, 3.63) is 47.1 Å². The van der Waals surface area contributed by atoms with Gasteiger partial charge < -0.3 is 10.3 Å². The highest BCUT2D eigenvalue weighted by Gasteiger charge is 2.07. The Kier molecular flexibility index (Phi) is 4.10. The zero-order chi connectivity index (χ0) is 13.0. The lowest BCUT2D eigenvalue weighted by Gasteiger charge is -1.99. The quantitative estimate of drug-likeness (QED) is 0.877. The Morgan fingerprint density at radius 2 is 2.00 bits per heavy atom. The maximum Gasteiger partial charge on any atom is 0.226 e. The minimum atomic E-state index is 0.164. The predicted molar refractivity (Wildman–Crippen MR) is 70.3 cm³/mol. The van der Waals surface area contributed by atoms with E-state index in [1.165, 1.54) is 11.1 Å². The lowest BCUT2D eigenvalue weighted by molar-refractivity contribution is 0.368. The van der Waals surface area contributed by atoms with Gasteiger partial charge in [-0.2, -0.15) is 4.98 Å². The van der Waals surface area contributed by atoms with Crippen molar-refractivity contribution in [2.75, 3.05) is 0 Å². The van der Waals surface area contributed by atoms with E-state index in [9.17, 15) is 0 Å². The van der Waals surface area contributed by atoms with E-state index in [1.54, 1.807) is 0 Å². The fourth-order valence-electron chi connectivity index (χ4n) is 1.70. The second-order valence-electron chi connectivity index (χ2n) is 4.78. The van der Waals surface area contributed by atoms with E-state index >= 15 is 0 Å². The van der Waals surface area contributed by atoms with Crippen molar-refractivity contribution in [2.24, 2.45) is 5.73 Å². The van der Waals surface area contributed by atoms with Crippen LogP contribution in [0, 0.1) is 6.92 Å². The Labute approximate surface area is 107 Å². The van der Waals surface area contributed by atoms with Crippen molar-refractivity contribution in [1.82, 2.24) is 10.1 Å². The second kappa shape index (κ2) is 5.78. The zero-order valence-corrected chi connectivity index (χ0v) is 10.9. The van der Waals surface area contributed by atoms with E-state index in [-0.39, 0.29) is 6.04 Å². The monoisotopic (exact) mass is 245 g/mol. The van der Waals surface area contributed by atoms with Crippen LogP contribution in [0.4, 0.5) is 0 Å². The summed E-state index contributed by atoms with van der Waals surface area (Å²) in [6, 6.07) is 8.52. The molecule has 2 aromatic rings. The second-order valence-corrected chi connectivity index (χ2v) is 4.78. The summed E-state index contributed by atoms with van der Waals surface area (Å²) in [6.45, 7) is 4.05. The summed E-state index contributed by atoms with van der Waals surface area (Å²) in [5.41, 5.74) is 8.14. The first-order valence-electron chi connectivity index (χ1n) is 6.26. The summed E-state index contributed by atoms with van der Waals surface area (Å²) in [4.78, 5) is 4.37. The maximum atomic E-state index is 5.69. The van der Waals surface area contributed by atoms with Gasteiger partial charge in [-0.05, 0) is 25.8 Å². The fraction of sp³-hybridized carbons (Fsp3) is 0.429. The van der Waals surface area contributed by atoms with Gasteiger partial charge in [0.2, 0.25) is 5.89 Å². The van der Waals surface area contributed by atoms with Crippen LogP contribution in [-0.4, -0.2) is 16.2 Å². The highest BCUT2D eigenvalue weighted by molar-refractivity contribution is 5.23. The highest BCUT2D eigenvalue weighted by atomic mass is 16.5. The fourth-order valence-corrected chi connectivity index (χ4v) is 1.70. The van der Waals surface area contributed by atoms with Crippen LogP contribution < -0.4 is 5.73 Å². The molecular formula is C14H19N3O. The molecule has 0 saturated heterocycles. The molecule has 1 unspecified atom stereocenters. The predicted octanol–water partition coefficient (Wildman–Crippen LogP) is 2.25. The van der Waals surface area contributed by atoms with E-state index in [1.807, 2.05) is 6.92 Å². The molecule has 0 amide bonds. The first kappa shape index (κ1) is 12.8. The van der Waals surface area contributed by atoms with Crippen molar-refractivity contribution in [1.29, 1.82) is 0 Å². The summed E-state index contributed by atoms with van der Waals surface area (Å²) in [6.07, 6.45) is 2.33. The third-order valence-electron chi connectivity index (χ3n) is 2.81. The van der Waals surface area contributed by atoms with Crippen LogP contribution in [0.3, 0.4) is 0 Å². The molecule has 0 radical (unpaired) electrons. The van der Waals surface area contributed by atoms with E-state index in [2.05, 4.69) is 41.3 Å². The van der Waals surface area contributed by atoms with Gasteiger partial charge in [0.25, 0.3) is 0 Å². The van der Waals surface area contributed by atoms with E-state index in [0.717, 1.165) is 18.7 Å². The van der Waals surface area contributed by atoms with Crippen molar-refractivity contribution in [3.8, 4) is 0 Å². The summed E-state index contributed by atoms with van der Waals surface area (Å²) in [5, 5.41) is 3.98. The van der Waals surface area contributed by atoms with Gasteiger partial charge >= 0.3 is 0 Å². The molecule has 1 aromatic heterocycles. The number of nitrogens with two attached hydrogens (primary N) is 1. The average molecular weight is 245 g/mol. The van der Waals surface area contributed by atoms with Gasteiger partial charge in [0.15, 0.2) is 5.82 Å². The number of aromatic nitrogens is 2. The largest absolute Gasteiger partial charge is 0.339 e. The van der Waals surface area contributed by atoms with Gasteiger partial charge in [-0.15, -0.1) is 0 Å². The minimum absolute atomic E-state index is 0.164. The molecule has 96 valence electrons. The Bertz CT molecular complexity index is 488. The van der Waals surface area contributed by atoms with Crippen LogP contribution in [0.15, 0.2) is 28.8 Å². The molecule has 2 rings (SSSR count). The molecule has 0 aliphatic heterocycles. The smallest absolute Gasteiger partial charge is 0.226 e. The standard InChI is InChI=1S/C14H19N3O/c1-10-3-6-12(7-4-10)9-13-16-14(18-17-13)8-5-11(2)15/h3-4,6-7,11H,5,8-9,15H2,1-2H3. The average Bonchev–Trinajstić information content (AvgIpc) is 2.77. The number of benzene rings is 1. The molecule has 4 heteroatoms. The molecule has 0 spiro atoms. The molecule has 1 atom stereocenters. The molecule has 0 aliphatic carbocycles. The van der Waals surface area contributed by atoms with E-state index < -0.39 is 0 Å². The number of hydrogen-bond donors (Lipinski definition) is 1. The highest BCUT2D eigenvalue weighted by Crippen LogP contribution is 2.09. The SMILES string of the molecule is Cc1ccc(Cc2noc(CCC(C)N)n2)cc1. The maximum absolute atomic E-state index is 5.69. The number of hydrogen-bond acceptors (Lipinski definition) is 4. The van der Waals surface area contributed by atoms with Crippen molar-refractivity contribution in [3.63, 3.8) is 0 Å². The topological polar surface area (TPSA) is 64.9 Å². The van der Waals surface area contributed by atoms with Crippen LogP contribution in [-0.2, 0) is 12.8 Å². The molecule has 2 N–H and O–H groups in total. The Balaban J connectivity index is 1.95. The van der Waals surface area contributed by atoms with Crippen LogP contribution in [0.5, 0.6) is 0 Å². The van der Waals surface area contributed by atoms with Crippen LogP contribution >= 0.6 is 0 Å². The normalized spacial score (nSPS) is 12.6. The molecule has 0 fully saturated rings. The summed E-state index contributed by atoms with van der Waals surface area (Å²) >= 11 is 0. The third kappa shape index (κ3) is 3.67. The van der Waals surface area contributed by atoms with Gasteiger partial charge in [-0.1, -0.05) is 35.0 Å². The molecule has 0 bridgehead atoms. The van der Waals surface area contributed by atoms with E-state index in [4.69, 9.17) is 10.3 Å². The third-order valence-corrected chi connectivity index (χ3v) is 2.81. The molecule has 0 saturated carbocycles.